The molecule has 0 aliphatic carbocycles. The van der Waals surface area contributed by atoms with Crippen molar-refractivity contribution in [3.63, 3.8) is 0 Å². The second-order valence-corrected chi connectivity index (χ2v) is 1.49. The third-order valence-electron chi connectivity index (χ3n) is 0.802. The van der Waals surface area contributed by atoms with Gasteiger partial charge in [-0.05, 0) is 13.0 Å². The van der Waals surface area contributed by atoms with Crippen molar-refractivity contribution in [2.75, 3.05) is 13.3 Å². The Balaban J connectivity index is 2.45. The fourth-order valence-corrected chi connectivity index (χ4v) is 0.369. The molecular formula is C5H12FN. The molecule has 0 aromatic heterocycles. The number of hydrogen-bond acceptors (Lipinski definition) is 1. The van der Waals surface area contributed by atoms with Gasteiger partial charge in [-0.1, -0.05) is 13.3 Å². The molecule has 0 unspecified atom stereocenters. The Morgan fingerprint density at radius 2 is 2.29 bits per heavy atom. The van der Waals surface area contributed by atoms with Gasteiger partial charge in [-0.15, -0.1) is 0 Å². The molecule has 0 fully saturated rings. The van der Waals surface area contributed by atoms with Crippen LogP contribution in [0.3, 0.4) is 0 Å². The molecule has 0 bridgehead atoms. The highest BCUT2D eigenvalue weighted by molar-refractivity contribution is 4.37. The van der Waals surface area contributed by atoms with E-state index in [1.165, 1.54) is 0 Å². The minimum atomic E-state index is -0.389. The van der Waals surface area contributed by atoms with Gasteiger partial charge in [-0.25, -0.2) is 4.39 Å². The number of halogens is 1. The second kappa shape index (κ2) is 5.89. The molecule has 0 aromatic carbocycles. The molecule has 0 atom stereocenters. The first-order chi connectivity index (χ1) is 3.41. The first-order valence-electron chi connectivity index (χ1n) is 2.68. The second-order valence-electron chi connectivity index (χ2n) is 1.49. The minimum Gasteiger partial charge on any atom is -0.290 e. The summed E-state index contributed by atoms with van der Waals surface area (Å²) in [5, 5.41) is 2.58. The predicted molar refractivity (Wildman–Crippen MR) is 28.9 cm³/mol. The Morgan fingerprint density at radius 1 is 1.57 bits per heavy atom. The highest BCUT2D eigenvalue weighted by atomic mass is 19.1. The zero-order chi connectivity index (χ0) is 5.54. The van der Waals surface area contributed by atoms with E-state index >= 15 is 0 Å². The van der Waals surface area contributed by atoms with Crippen LogP contribution in [-0.2, 0) is 0 Å². The molecule has 0 amide bonds. The van der Waals surface area contributed by atoms with Gasteiger partial charge in [-0.2, -0.15) is 0 Å². The summed E-state index contributed by atoms with van der Waals surface area (Å²) in [4.78, 5) is 0. The van der Waals surface area contributed by atoms with E-state index in [4.69, 9.17) is 0 Å². The molecule has 0 saturated heterocycles. The molecule has 0 saturated carbocycles. The van der Waals surface area contributed by atoms with Crippen molar-refractivity contribution in [3.05, 3.63) is 0 Å². The molecule has 0 aliphatic rings. The SMILES string of the molecule is CCCCNCF. The highest BCUT2D eigenvalue weighted by Gasteiger charge is 1.79. The molecule has 0 radical (unpaired) electrons. The molecular weight excluding hydrogens is 93.1 g/mol. The van der Waals surface area contributed by atoms with Crippen molar-refractivity contribution in [2.24, 2.45) is 0 Å². The number of alkyl halides is 1. The van der Waals surface area contributed by atoms with Gasteiger partial charge in [0, 0.05) is 0 Å². The monoisotopic (exact) mass is 105 g/mol. The lowest BCUT2D eigenvalue weighted by Crippen LogP contribution is -2.12. The molecule has 0 aromatic rings. The number of rotatable bonds is 4. The van der Waals surface area contributed by atoms with Crippen molar-refractivity contribution in [3.8, 4) is 0 Å². The highest BCUT2D eigenvalue weighted by Crippen LogP contribution is 1.80. The van der Waals surface area contributed by atoms with Crippen LogP contribution in [0.5, 0.6) is 0 Å². The Bertz CT molecular complexity index is 27.3. The molecule has 0 aliphatic heterocycles. The summed E-state index contributed by atoms with van der Waals surface area (Å²) in [5.74, 6) is 0. The van der Waals surface area contributed by atoms with Crippen molar-refractivity contribution < 1.29 is 4.39 Å². The summed E-state index contributed by atoms with van der Waals surface area (Å²) >= 11 is 0. The first-order valence-corrected chi connectivity index (χ1v) is 2.68. The van der Waals surface area contributed by atoms with Crippen LogP contribution in [0.4, 0.5) is 4.39 Å². The van der Waals surface area contributed by atoms with Crippen LogP contribution in [0.2, 0.25) is 0 Å². The summed E-state index contributed by atoms with van der Waals surface area (Å²) in [5.41, 5.74) is 0. The number of nitrogens with one attached hydrogen (secondary N) is 1. The molecule has 2 heteroatoms. The van der Waals surface area contributed by atoms with E-state index in [9.17, 15) is 4.39 Å². The van der Waals surface area contributed by atoms with Gasteiger partial charge in [0.15, 0.2) is 0 Å². The molecule has 0 rings (SSSR count). The maximum Gasteiger partial charge on any atom is 0.140 e. The number of hydrogen-bond donors (Lipinski definition) is 1. The smallest absolute Gasteiger partial charge is 0.140 e. The standard InChI is InChI=1S/C5H12FN/c1-2-3-4-7-5-6/h7H,2-5H2,1H3. The minimum absolute atomic E-state index is 0.389. The van der Waals surface area contributed by atoms with Gasteiger partial charge in [0.2, 0.25) is 0 Å². The maximum atomic E-state index is 11.2. The van der Waals surface area contributed by atoms with Crippen LogP contribution in [0.25, 0.3) is 0 Å². The van der Waals surface area contributed by atoms with Crippen molar-refractivity contribution in [1.29, 1.82) is 0 Å². The van der Waals surface area contributed by atoms with Gasteiger partial charge in [0.05, 0.1) is 0 Å². The van der Waals surface area contributed by atoms with E-state index in [0.29, 0.717) is 0 Å². The summed E-state index contributed by atoms with van der Waals surface area (Å²) in [6.07, 6.45) is 2.21. The summed E-state index contributed by atoms with van der Waals surface area (Å²) in [6.45, 7) is 2.51. The fraction of sp³-hybridized carbons (Fsp3) is 1.00. The lowest BCUT2D eigenvalue weighted by atomic mass is 10.3. The Labute approximate surface area is 43.9 Å². The Hall–Kier alpha value is -0.110. The maximum absolute atomic E-state index is 11.2. The Kier molecular flexibility index (Phi) is 5.80. The fourth-order valence-electron chi connectivity index (χ4n) is 0.369. The average molecular weight is 105 g/mol. The van der Waals surface area contributed by atoms with Gasteiger partial charge in [-0.3, -0.25) is 5.32 Å². The molecule has 7 heavy (non-hydrogen) atoms. The molecule has 1 N–H and O–H groups in total. The van der Waals surface area contributed by atoms with Gasteiger partial charge < -0.3 is 0 Å². The molecule has 0 spiro atoms. The van der Waals surface area contributed by atoms with E-state index in [0.717, 1.165) is 19.4 Å². The first kappa shape index (κ1) is 6.89. The number of unbranched alkanes of at least 4 members (excludes halogenated alkanes) is 1. The predicted octanol–water partition coefficient (Wildman–Crippen LogP) is 1.30. The normalized spacial score (nSPS) is 9.43. The van der Waals surface area contributed by atoms with E-state index in [1.807, 2.05) is 0 Å². The van der Waals surface area contributed by atoms with Crippen LogP contribution in [0.15, 0.2) is 0 Å². The van der Waals surface area contributed by atoms with Crippen molar-refractivity contribution in [2.45, 2.75) is 19.8 Å². The van der Waals surface area contributed by atoms with E-state index in [-0.39, 0.29) is 6.80 Å². The van der Waals surface area contributed by atoms with E-state index in [1.54, 1.807) is 0 Å². The summed E-state index contributed by atoms with van der Waals surface area (Å²) in [7, 11) is 0. The van der Waals surface area contributed by atoms with Crippen LogP contribution in [0.1, 0.15) is 19.8 Å². The zero-order valence-electron chi connectivity index (χ0n) is 4.71. The van der Waals surface area contributed by atoms with Crippen LogP contribution < -0.4 is 5.32 Å². The van der Waals surface area contributed by atoms with E-state index in [2.05, 4.69) is 12.2 Å². The third kappa shape index (κ3) is 5.89. The van der Waals surface area contributed by atoms with Gasteiger partial charge >= 0.3 is 0 Å². The van der Waals surface area contributed by atoms with Crippen LogP contribution in [0, 0.1) is 0 Å². The molecule has 44 valence electrons. The lowest BCUT2D eigenvalue weighted by molar-refractivity contribution is 0.422. The van der Waals surface area contributed by atoms with Crippen molar-refractivity contribution >= 4 is 0 Å². The van der Waals surface area contributed by atoms with Crippen LogP contribution >= 0.6 is 0 Å². The Morgan fingerprint density at radius 3 is 2.71 bits per heavy atom. The van der Waals surface area contributed by atoms with Crippen molar-refractivity contribution in [1.82, 2.24) is 5.32 Å². The molecule has 1 nitrogen and oxygen atoms in total. The summed E-state index contributed by atoms with van der Waals surface area (Å²) in [6, 6.07) is 0. The van der Waals surface area contributed by atoms with Gasteiger partial charge in [0.25, 0.3) is 0 Å². The third-order valence-corrected chi connectivity index (χ3v) is 0.802. The molecule has 0 heterocycles. The largest absolute Gasteiger partial charge is 0.290 e. The average Bonchev–Trinajstić information content (AvgIpc) is 1.69. The van der Waals surface area contributed by atoms with Gasteiger partial charge in [0.1, 0.15) is 6.80 Å². The van der Waals surface area contributed by atoms with Crippen LogP contribution in [-0.4, -0.2) is 13.3 Å². The van der Waals surface area contributed by atoms with E-state index < -0.39 is 0 Å². The quantitative estimate of drug-likeness (QED) is 0.420. The zero-order valence-corrected chi connectivity index (χ0v) is 4.71. The topological polar surface area (TPSA) is 12.0 Å². The summed E-state index contributed by atoms with van der Waals surface area (Å²) < 4.78 is 11.2. The lowest BCUT2D eigenvalue weighted by Gasteiger charge is -1.93.